The maximum absolute atomic E-state index is 12.2. The van der Waals surface area contributed by atoms with Crippen LogP contribution in [-0.2, 0) is 4.79 Å². The van der Waals surface area contributed by atoms with Gasteiger partial charge in [0.25, 0.3) is 0 Å². The van der Waals surface area contributed by atoms with Crippen molar-refractivity contribution in [3.63, 3.8) is 0 Å². The van der Waals surface area contributed by atoms with Gasteiger partial charge in [-0.15, -0.1) is 0 Å². The van der Waals surface area contributed by atoms with Crippen molar-refractivity contribution in [1.82, 2.24) is 5.32 Å². The predicted molar refractivity (Wildman–Crippen MR) is 80.5 cm³/mol. The summed E-state index contributed by atoms with van der Waals surface area (Å²) >= 11 is 0. The lowest BCUT2D eigenvalue weighted by atomic mass is 10.0. The third kappa shape index (κ3) is 4.57. The molecule has 1 atom stereocenters. The number of primary amides is 1. The molecule has 110 valence electrons. The zero-order valence-electron chi connectivity index (χ0n) is 12.4. The second kappa shape index (κ2) is 6.93. The van der Waals surface area contributed by atoms with E-state index in [-0.39, 0.29) is 11.8 Å². The summed E-state index contributed by atoms with van der Waals surface area (Å²) in [5.74, 6) is 0.0759. The number of benzene rings is 1. The lowest BCUT2D eigenvalue weighted by Crippen LogP contribution is -2.49. The molecule has 3 amide bonds. The molecule has 0 aliphatic rings. The van der Waals surface area contributed by atoms with Gasteiger partial charge in [-0.2, -0.15) is 0 Å². The molecule has 20 heavy (non-hydrogen) atoms. The molecule has 4 N–H and O–H groups in total. The molecule has 0 heterocycles. The molecule has 0 aliphatic heterocycles. The molecule has 1 rings (SSSR count). The quantitative estimate of drug-likeness (QED) is 0.772. The van der Waals surface area contributed by atoms with Crippen molar-refractivity contribution in [3.05, 3.63) is 29.8 Å². The number of hydrogen-bond acceptors (Lipinski definition) is 2. The molecule has 0 saturated heterocycles. The maximum atomic E-state index is 12.2. The minimum Gasteiger partial charge on any atom is -0.352 e. The van der Waals surface area contributed by atoms with Crippen LogP contribution in [0, 0.1) is 5.92 Å². The van der Waals surface area contributed by atoms with Crippen LogP contribution in [0.4, 0.5) is 10.5 Å². The molecule has 1 unspecified atom stereocenters. The van der Waals surface area contributed by atoms with E-state index in [0.717, 1.165) is 11.3 Å². The van der Waals surface area contributed by atoms with Gasteiger partial charge in [-0.05, 0) is 29.5 Å². The largest absolute Gasteiger partial charge is 0.352 e. The number of nitrogens with one attached hydrogen (secondary N) is 2. The van der Waals surface area contributed by atoms with Crippen LogP contribution in [0.2, 0.25) is 0 Å². The minimum atomic E-state index is -0.699. The molecule has 5 nitrogen and oxygen atoms in total. The Morgan fingerprint density at radius 2 is 1.80 bits per heavy atom. The summed E-state index contributed by atoms with van der Waals surface area (Å²) < 4.78 is 0. The molecule has 0 fully saturated rings. The Bertz CT molecular complexity index is 484. The fourth-order valence-electron chi connectivity index (χ4n) is 1.88. The predicted octanol–water partition coefficient (Wildman–Crippen LogP) is 2.44. The molecule has 0 spiro atoms. The fourth-order valence-corrected chi connectivity index (χ4v) is 1.88. The van der Waals surface area contributed by atoms with Crippen molar-refractivity contribution in [1.29, 1.82) is 0 Å². The second-order valence-corrected chi connectivity index (χ2v) is 5.50. The van der Waals surface area contributed by atoms with E-state index >= 15 is 0 Å². The van der Waals surface area contributed by atoms with E-state index in [1.807, 2.05) is 38.1 Å². The lowest BCUT2D eigenvalue weighted by molar-refractivity contribution is -0.118. The first-order valence-electron chi connectivity index (χ1n) is 6.78. The Hall–Kier alpha value is -2.04. The number of nitrogens with two attached hydrogens (primary N) is 1. The van der Waals surface area contributed by atoms with Crippen molar-refractivity contribution in [3.8, 4) is 0 Å². The van der Waals surface area contributed by atoms with E-state index in [1.165, 1.54) is 0 Å². The first-order chi connectivity index (χ1) is 9.31. The molecule has 5 heteroatoms. The summed E-state index contributed by atoms with van der Waals surface area (Å²) in [6.07, 6.45) is 0. The average Bonchev–Trinajstić information content (AvgIpc) is 2.35. The number of urea groups is 1. The first-order valence-corrected chi connectivity index (χ1v) is 6.78. The number of anilines is 1. The highest BCUT2D eigenvalue weighted by molar-refractivity contribution is 5.97. The van der Waals surface area contributed by atoms with E-state index in [1.54, 1.807) is 0 Å². The maximum Gasteiger partial charge on any atom is 0.312 e. The van der Waals surface area contributed by atoms with Gasteiger partial charge in [0.2, 0.25) is 5.91 Å². The highest BCUT2D eigenvalue weighted by Crippen LogP contribution is 2.19. The number of rotatable bonds is 5. The number of amides is 3. The molecule has 0 radical (unpaired) electrons. The van der Waals surface area contributed by atoms with Gasteiger partial charge < -0.3 is 16.4 Å². The van der Waals surface area contributed by atoms with Gasteiger partial charge in [0.05, 0.1) is 0 Å². The van der Waals surface area contributed by atoms with Gasteiger partial charge >= 0.3 is 6.03 Å². The fraction of sp³-hybridized carbons (Fsp3) is 0.467. The van der Waals surface area contributed by atoms with Crippen LogP contribution in [0.5, 0.6) is 0 Å². The van der Waals surface area contributed by atoms with Crippen LogP contribution in [-0.4, -0.2) is 18.0 Å². The van der Waals surface area contributed by atoms with E-state index in [0.29, 0.717) is 5.92 Å². The van der Waals surface area contributed by atoms with Crippen molar-refractivity contribution in [2.75, 3.05) is 5.32 Å². The highest BCUT2D eigenvalue weighted by atomic mass is 16.2. The summed E-state index contributed by atoms with van der Waals surface area (Å²) in [5, 5.41) is 5.28. The van der Waals surface area contributed by atoms with E-state index < -0.39 is 12.1 Å². The summed E-state index contributed by atoms with van der Waals surface area (Å²) in [5.41, 5.74) is 6.96. The topological polar surface area (TPSA) is 84.2 Å². The van der Waals surface area contributed by atoms with Gasteiger partial charge in [-0.25, -0.2) is 4.79 Å². The van der Waals surface area contributed by atoms with Crippen molar-refractivity contribution >= 4 is 17.6 Å². The van der Waals surface area contributed by atoms with Gasteiger partial charge in [-0.1, -0.05) is 39.8 Å². The lowest BCUT2D eigenvalue weighted by Gasteiger charge is -2.21. The summed E-state index contributed by atoms with van der Waals surface area (Å²) in [4.78, 5) is 23.1. The van der Waals surface area contributed by atoms with Crippen LogP contribution in [0.15, 0.2) is 24.3 Å². The molecular formula is C15H23N3O2. The van der Waals surface area contributed by atoms with Gasteiger partial charge in [0, 0.05) is 5.69 Å². The third-order valence-corrected chi connectivity index (χ3v) is 3.07. The molecule has 1 aromatic carbocycles. The molecule has 0 aromatic heterocycles. The van der Waals surface area contributed by atoms with Crippen LogP contribution in [0.25, 0.3) is 0 Å². The number of carbonyl (C=O) groups is 2. The monoisotopic (exact) mass is 277 g/mol. The molecule has 0 aliphatic carbocycles. The Kier molecular flexibility index (Phi) is 5.55. The third-order valence-electron chi connectivity index (χ3n) is 3.07. The standard InChI is InChI=1S/C15H23N3O2/c1-9(2)11-6-5-7-12(8-11)17-14(19)13(10(3)4)18-15(16)20/h5-10,13H,1-4H3,(H,17,19)(H3,16,18,20). The smallest absolute Gasteiger partial charge is 0.312 e. The van der Waals surface area contributed by atoms with Crippen molar-refractivity contribution in [2.45, 2.75) is 39.7 Å². The molecule has 1 aromatic rings. The van der Waals surface area contributed by atoms with Gasteiger partial charge in [0.1, 0.15) is 6.04 Å². The minimum absolute atomic E-state index is 0.0456. The number of carbonyl (C=O) groups excluding carboxylic acids is 2. The van der Waals surface area contributed by atoms with E-state index in [9.17, 15) is 9.59 Å². The Labute approximate surface area is 119 Å². The van der Waals surface area contributed by atoms with Crippen LogP contribution in [0.1, 0.15) is 39.2 Å². The zero-order valence-corrected chi connectivity index (χ0v) is 12.4. The van der Waals surface area contributed by atoms with Crippen LogP contribution >= 0.6 is 0 Å². The van der Waals surface area contributed by atoms with Gasteiger partial charge in [-0.3, -0.25) is 4.79 Å². The SMILES string of the molecule is CC(C)c1cccc(NC(=O)C(NC(N)=O)C(C)C)c1. The van der Waals surface area contributed by atoms with Gasteiger partial charge in [0.15, 0.2) is 0 Å². The normalized spacial score (nSPS) is 12.3. The summed E-state index contributed by atoms with van der Waals surface area (Å²) in [6.45, 7) is 7.88. The highest BCUT2D eigenvalue weighted by Gasteiger charge is 2.23. The Morgan fingerprint density at radius 1 is 1.15 bits per heavy atom. The zero-order chi connectivity index (χ0) is 15.3. The summed E-state index contributed by atoms with van der Waals surface area (Å²) in [7, 11) is 0. The summed E-state index contributed by atoms with van der Waals surface area (Å²) in [6, 6.07) is 6.33. The Balaban J connectivity index is 2.82. The second-order valence-electron chi connectivity index (χ2n) is 5.50. The van der Waals surface area contributed by atoms with Crippen LogP contribution < -0.4 is 16.4 Å². The molecular weight excluding hydrogens is 254 g/mol. The van der Waals surface area contributed by atoms with E-state index in [2.05, 4.69) is 24.5 Å². The van der Waals surface area contributed by atoms with E-state index in [4.69, 9.17) is 5.73 Å². The Morgan fingerprint density at radius 3 is 2.30 bits per heavy atom. The van der Waals surface area contributed by atoms with Crippen molar-refractivity contribution in [2.24, 2.45) is 11.7 Å². The number of hydrogen-bond donors (Lipinski definition) is 3. The molecule has 0 bridgehead atoms. The van der Waals surface area contributed by atoms with Crippen molar-refractivity contribution < 1.29 is 9.59 Å². The van der Waals surface area contributed by atoms with Crippen LogP contribution in [0.3, 0.4) is 0 Å². The average molecular weight is 277 g/mol. The first kappa shape index (κ1) is 16.0. The molecule has 0 saturated carbocycles.